The van der Waals surface area contributed by atoms with E-state index in [1.807, 2.05) is 48.9 Å². The van der Waals surface area contributed by atoms with Crippen molar-refractivity contribution in [1.29, 1.82) is 0 Å². The highest BCUT2D eigenvalue weighted by Gasteiger charge is 2.26. The van der Waals surface area contributed by atoms with Gasteiger partial charge in [-0.2, -0.15) is 0 Å². The van der Waals surface area contributed by atoms with Crippen molar-refractivity contribution in [2.24, 2.45) is 7.05 Å². The van der Waals surface area contributed by atoms with Crippen molar-refractivity contribution < 1.29 is 19.1 Å². The molecule has 1 aliphatic heterocycles. The van der Waals surface area contributed by atoms with Crippen LogP contribution in [0.1, 0.15) is 11.3 Å². The molecule has 0 amide bonds. The van der Waals surface area contributed by atoms with Gasteiger partial charge in [-0.15, -0.1) is 0 Å². The molecule has 0 radical (unpaired) electrons. The summed E-state index contributed by atoms with van der Waals surface area (Å²) in [4.78, 5) is 24.1. The number of fused-ring (bicyclic) bond motifs is 1. The molecule has 5 aromatic rings. The van der Waals surface area contributed by atoms with Crippen LogP contribution in [-0.2, 0) is 22.9 Å². The SMILES string of the molecule is Cc1cccc(Oc2ccc(-c3c(-c4ccc([N+](=O)[O-])cc4)n(C)c4ncnc(N)c34)c(CC3OCCO3)c2)n1. The number of nitrogens with zero attached hydrogens (tertiary/aromatic N) is 5. The first-order chi connectivity index (χ1) is 19.4. The number of aryl methyl sites for hydroxylation is 2. The molecule has 1 aliphatic rings. The van der Waals surface area contributed by atoms with E-state index < -0.39 is 11.2 Å². The molecule has 4 heterocycles. The third kappa shape index (κ3) is 4.72. The third-order valence-corrected chi connectivity index (χ3v) is 6.86. The number of nitrogen functional groups attached to an aromatic ring is 1. The van der Waals surface area contributed by atoms with E-state index >= 15 is 0 Å². The van der Waals surface area contributed by atoms with Crippen molar-refractivity contribution in [3.05, 3.63) is 88.4 Å². The van der Waals surface area contributed by atoms with Gasteiger partial charge in [-0.05, 0) is 53.9 Å². The zero-order chi connectivity index (χ0) is 27.8. The van der Waals surface area contributed by atoms with Crippen LogP contribution in [0.25, 0.3) is 33.4 Å². The Labute approximate surface area is 229 Å². The molecule has 1 saturated heterocycles. The Bertz CT molecular complexity index is 1730. The van der Waals surface area contributed by atoms with Gasteiger partial charge >= 0.3 is 0 Å². The van der Waals surface area contributed by atoms with Crippen molar-refractivity contribution in [2.75, 3.05) is 18.9 Å². The number of nitro benzene ring substituents is 1. The average molecular weight is 539 g/mol. The molecule has 0 unspecified atom stereocenters. The standard InChI is InChI=1S/C29H26N6O5/c1-17-4-3-5-23(33-17)40-21-10-11-22(19(14-21)15-24-38-12-13-39-24)25-26-28(30)31-16-32-29(26)34(2)27(25)18-6-8-20(9-7-18)35(36)37/h3-11,14,16,24H,12-13,15H2,1-2H3,(H2,30,31,32). The Hall–Kier alpha value is -4.87. The van der Waals surface area contributed by atoms with Crippen molar-refractivity contribution >= 4 is 22.5 Å². The summed E-state index contributed by atoms with van der Waals surface area (Å²) in [6, 6.07) is 17.8. The Kier molecular flexibility index (Phi) is 6.58. The number of benzene rings is 2. The number of aromatic nitrogens is 4. The number of anilines is 1. The number of nitrogens with two attached hydrogens (primary N) is 1. The van der Waals surface area contributed by atoms with E-state index in [9.17, 15) is 10.1 Å². The van der Waals surface area contributed by atoms with Crippen LogP contribution in [0.5, 0.6) is 11.6 Å². The fourth-order valence-corrected chi connectivity index (χ4v) is 5.06. The van der Waals surface area contributed by atoms with E-state index in [-0.39, 0.29) is 5.69 Å². The Morgan fingerprint density at radius 2 is 1.88 bits per heavy atom. The Morgan fingerprint density at radius 1 is 1.10 bits per heavy atom. The summed E-state index contributed by atoms with van der Waals surface area (Å²) in [6.45, 7) is 2.95. The largest absolute Gasteiger partial charge is 0.439 e. The smallest absolute Gasteiger partial charge is 0.269 e. The third-order valence-electron chi connectivity index (χ3n) is 6.86. The topological polar surface area (TPSA) is 140 Å². The molecule has 2 N–H and O–H groups in total. The van der Waals surface area contributed by atoms with Gasteiger partial charge in [0.2, 0.25) is 5.88 Å². The maximum Gasteiger partial charge on any atom is 0.269 e. The quantitative estimate of drug-likeness (QED) is 0.218. The molecule has 11 heteroatoms. The van der Waals surface area contributed by atoms with Crippen LogP contribution in [0, 0.1) is 17.0 Å². The Balaban J connectivity index is 1.55. The average Bonchev–Trinajstić information content (AvgIpc) is 3.56. The van der Waals surface area contributed by atoms with Crippen molar-refractivity contribution in [1.82, 2.24) is 19.5 Å². The molecular weight excluding hydrogens is 512 g/mol. The van der Waals surface area contributed by atoms with Crippen LogP contribution >= 0.6 is 0 Å². The van der Waals surface area contributed by atoms with Gasteiger partial charge in [0.15, 0.2) is 6.29 Å². The molecule has 0 atom stereocenters. The molecule has 202 valence electrons. The van der Waals surface area contributed by atoms with Gasteiger partial charge in [0, 0.05) is 42.9 Å². The van der Waals surface area contributed by atoms with Crippen LogP contribution in [0.2, 0.25) is 0 Å². The molecular formula is C29H26N6O5. The number of nitro groups is 1. The second-order valence-electron chi connectivity index (χ2n) is 9.46. The van der Waals surface area contributed by atoms with Gasteiger partial charge in [-0.3, -0.25) is 10.1 Å². The van der Waals surface area contributed by atoms with Crippen LogP contribution in [0.3, 0.4) is 0 Å². The molecule has 0 spiro atoms. The Morgan fingerprint density at radius 3 is 2.60 bits per heavy atom. The molecule has 0 saturated carbocycles. The molecule has 2 aromatic carbocycles. The van der Waals surface area contributed by atoms with Gasteiger partial charge in [-0.25, -0.2) is 15.0 Å². The highest BCUT2D eigenvalue weighted by atomic mass is 16.7. The van der Waals surface area contributed by atoms with Crippen molar-refractivity contribution in [3.63, 3.8) is 0 Å². The van der Waals surface area contributed by atoms with E-state index in [1.54, 1.807) is 18.2 Å². The van der Waals surface area contributed by atoms with Crippen LogP contribution in [0.4, 0.5) is 11.5 Å². The number of hydrogen-bond donors (Lipinski definition) is 1. The van der Waals surface area contributed by atoms with E-state index in [4.69, 9.17) is 19.9 Å². The number of hydrogen-bond acceptors (Lipinski definition) is 9. The predicted octanol–water partition coefficient (Wildman–Crippen LogP) is 5.20. The highest BCUT2D eigenvalue weighted by molar-refractivity contribution is 6.08. The zero-order valence-corrected chi connectivity index (χ0v) is 21.9. The van der Waals surface area contributed by atoms with E-state index in [0.29, 0.717) is 48.1 Å². The fourth-order valence-electron chi connectivity index (χ4n) is 5.06. The number of pyridine rings is 1. The number of ether oxygens (including phenoxy) is 3. The molecule has 40 heavy (non-hydrogen) atoms. The van der Waals surface area contributed by atoms with Gasteiger partial charge in [0.05, 0.1) is 29.2 Å². The van der Waals surface area contributed by atoms with Gasteiger partial charge in [0.1, 0.15) is 23.5 Å². The molecule has 3 aromatic heterocycles. The fraction of sp³-hybridized carbons (Fsp3) is 0.207. The lowest BCUT2D eigenvalue weighted by molar-refractivity contribution is -0.384. The van der Waals surface area contributed by atoms with E-state index in [1.165, 1.54) is 18.5 Å². The highest BCUT2D eigenvalue weighted by Crippen LogP contribution is 2.44. The van der Waals surface area contributed by atoms with Crippen molar-refractivity contribution in [3.8, 4) is 34.0 Å². The lowest BCUT2D eigenvalue weighted by Crippen LogP contribution is -2.12. The second-order valence-corrected chi connectivity index (χ2v) is 9.46. The minimum atomic E-state index is -0.419. The van der Waals surface area contributed by atoms with Crippen LogP contribution in [-0.4, -0.2) is 43.9 Å². The maximum atomic E-state index is 11.3. The summed E-state index contributed by atoms with van der Waals surface area (Å²) in [6.07, 6.45) is 1.46. The maximum absolute atomic E-state index is 11.3. The second kappa shape index (κ2) is 10.4. The van der Waals surface area contributed by atoms with Crippen LogP contribution in [0.15, 0.2) is 67.0 Å². The lowest BCUT2D eigenvalue weighted by atomic mass is 9.93. The number of rotatable bonds is 7. The van der Waals surface area contributed by atoms with Gasteiger partial charge in [-0.1, -0.05) is 12.1 Å². The first-order valence-corrected chi connectivity index (χ1v) is 12.7. The first kappa shape index (κ1) is 25.4. The lowest BCUT2D eigenvalue weighted by Gasteiger charge is -2.17. The summed E-state index contributed by atoms with van der Waals surface area (Å²) in [5.74, 6) is 1.42. The van der Waals surface area contributed by atoms with Crippen LogP contribution < -0.4 is 10.5 Å². The predicted molar refractivity (Wildman–Crippen MR) is 149 cm³/mol. The molecule has 1 fully saturated rings. The summed E-state index contributed by atoms with van der Waals surface area (Å²) in [5, 5.41) is 12.0. The van der Waals surface area contributed by atoms with E-state index in [0.717, 1.165) is 33.6 Å². The molecule has 0 bridgehead atoms. The summed E-state index contributed by atoms with van der Waals surface area (Å²) in [5.41, 5.74) is 12.1. The van der Waals surface area contributed by atoms with Crippen molar-refractivity contribution in [2.45, 2.75) is 19.6 Å². The molecule has 11 nitrogen and oxygen atoms in total. The normalized spacial score (nSPS) is 13.7. The molecule has 6 rings (SSSR count). The monoisotopic (exact) mass is 538 g/mol. The van der Waals surface area contributed by atoms with Gasteiger partial charge in [0.25, 0.3) is 5.69 Å². The summed E-state index contributed by atoms with van der Waals surface area (Å²) in [7, 11) is 1.89. The summed E-state index contributed by atoms with van der Waals surface area (Å²) < 4.78 is 19.6. The minimum absolute atomic E-state index is 0.00542. The zero-order valence-electron chi connectivity index (χ0n) is 21.9. The van der Waals surface area contributed by atoms with E-state index in [2.05, 4.69) is 15.0 Å². The van der Waals surface area contributed by atoms with Gasteiger partial charge < -0.3 is 24.5 Å². The minimum Gasteiger partial charge on any atom is -0.439 e. The first-order valence-electron chi connectivity index (χ1n) is 12.7. The number of non-ortho nitro benzene ring substituents is 1. The molecule has 0 aliphatic carbocycles. The summed E-state index contributed by atoms with van der Waals surface area (Å²) >= 11 is 0.